The van der Waals surface area contributed by atoms with Crippen LogP contribution < -0.4 is 0 Å². The first-order valence-corrected chi connectivity index (χ1v) is 5.37. The van der Waals surface area contributed by atoms with Crippen LogP contribution >= 0.6 is 0 Å². The van der Waals surface area contributed by atoms with Crippen LogP contribution in [0.2, 0.25) is 0 Å². The first-order chi connectivity index (χ1) is 7.15. The topological polar surface area (TPSA) is 26.3 Å². The molecule has 1 aromatic carbocycles. The fourth-order valence-corrected chi connectivity index (χ4v) is 1.96. The second-order valence-corrected chi connectivity index (χ2v) is 4.38. The summed E-state index contributed by atoms with van der Waals surface area (Å²) in [5.41, 5.74) is 3.94. The molecule has 1 aliphatic rings. The van der Waals surface area contributed by atoms with E-state index in [4.69, 9.17) is 4.74 Å². The Balaban J connectivity index is 2.05. The number of carbonyl (C=O) groups excluding carboxylic acids is 1. The lowest BCUT2D eigenvalue weighted by Gasteiger charge is -2.08. The molecule has 1 heterocycles. The van der Waals surface area contributed by atoms with E-state index in [0.29, 0.717) is 18.9 Å². The second kappa shape index (κ2) is 4.05. The van der Waals surface area contributed by atoms with Crippen LogP contribution in [0.15, 0.2) is 18.2 Å². The molecule has 0 unspecified atom stereocenters. The molecular weight excluding hydrogens is 188 g/mol. The van der Waals surface area contributed by atoms with E-state index in [9.17, 15) is 4.79 Å². The molecule has 0 radical (unpaired) electrons. The molecule has 2 nitrogen and oxygen atoms in total. The van der Waals surface area contributed by atoms with Crippen LogP contribution in [0, 0.1) is 19.8 Å². The van der Waals surface area contributed by atoms with E-state index in [-0.39, 0.29) is 5.97 Å². The molecule has 0 N–H and O–H groups in total. The Kier molecular flexibility index (Phi) is 2.76. The standard InChI is InChI=1S/C13H16O2/c1-9-3-4-11(5-10(9)2)6-12-7-13(14)15-8-12/h3-5,12H,6-8H2,1-2H3/t12-/m1/s1. The van der Waals surface area contributed by atoms with Crippen molar-refractivity contribution in [3.05, 3.63) is 34.9 Å². The average molecular weight is 204 g/mol. The fraction of sp³-hybridized carbons (Fsp3) is 0.462. The second-order valence-electron chi connectivity index (χ2n) is 4.38. The van der Waals surface area contributed by atoms with Crippen molar-refractivity contribution in [2.45, 2.75) is 26.7 Å². The van der Waals surface area contributed by atoms with Crippen LogP contribution in [0.4, 0.5) is 0 Å². The van der Waals surface area contributed by atoms with Gasteiger partial charge in [-0.25, -0.2) is 0 Å². The quantitative estimate of drug-likeness (QED) is 0.691. The molecule has 80 valence electrons. The summed E-state index contributed by atoms with van der Waals surface area (Å²) in [5.74, 6) is 0.323. The van der Waals surface area contributed by atoms with Gasteiger partial charge in [-0.1, -0.05) is 18.2 Å². The third-order valence-corrected chi connectivity index (χ3v) is 3.03. The maximum Gasteiger partial charge on any atom is 0.306 e. The van der Waals surface area contributed by atoms with Crippen molar-refractivity contribution in [2.75, 3.05) is 6.61 Å². The number of hydrogen-bond donors (Lipinski definition) is 0. The van der Waals surface area contributed by atoms with Gasteiger partial charge in [-0.05, 0) is 37.0 Å². The van der Waals surface area contributed by atoms with E-state index in [1.54, 1.807) is 0 Å². The molecule has 1 atom stereocenters. The lowest BCUT2D eigenvalue weighted by molar-refractivity contribution is -0.137. The first-order valence-electron chi connectivity index (χ1n) is 5.37. The minimum atomic E-state index is -0.0520. The largest absolute Gasteiger partial charge is 0.465 e. The van der Waals surface area contributed by atoms with Gasteiger partial charge in [-0.3, -0.25) is 4.79 Å². The highest BCUT2D eigenvalue weighted by Crippen LogP contribution is 2.20. The third kappa shape index (κ3) is 2.38. The van der Waals surface area contributed by atoms with E-state index in [1.165, 1.54) is 16.7 Å². The van der Waals surface area contributed by atoms with Crippen molar-refractivity contribution in [2.24, 2.45) is 5.92 Å². The Morgan fingerprint density at radius 2 is 2.13 bits per heavy atom. The summed E-state index contributed by atoms with van der Waals surface area (Å²) in [6, 6.07) is 6.49. The van der Waals surface area contributed by atoms with Gasteiger partial charge in [0.15, 0.2) is 0 Å². The number of hydrogen-bond acceptors (Lipinski definition) is 2. The molecule has 2 heteroatoms. The Morgan fingerprint density at radius 1 is 1.33 bits per heavy atom. The summed E-state index contributed by atoms with van der Waals surface area (Å²) < 4.78 is 4.95. The number of carbonyl (C=O) groups is 1. The minimum absolute atomic E-state index is 0.0520. The summed E-state index contributed by atoms with van der Waals surface area (Å²) in [6.45, 7) is 4.82. The van der Waals surface area contributed by atoms with Crippen molar-refractivity contribution in [3.63, 3.8) is 0 Å². The number of benzene rings is 1. The van der Waals surface area contributed by atoms with Crippen LogP contribution in [-0.2, 0) is 16.0 Å². The molecule has 0 aliphatic carbocycles. The summed E-state index contributed by atoms with van der Waals surface area (Å²) in [5, 5.41) is 0. The lowest BCUT2D eigenvalue weighted by Crippen LogP contribution is -2.04. The van der Waals surface area contributed by atoms with Gasteiger partial charge < -0.3 is 4.74 Å². The summed E-state index contributed by atoms with van der Waals surface area (Å²) in [7, 11) is 0. The van der Waals surface area contributed by atoms with Gasteiger partial charge in [-0.15, -0.1) is 0 Å². The Hall–Kier alpha value is -1.31. The zero-order valence-electron chi connectivity index (χ0n) is 9.25. The smallest absolute Gasteiger partial charge is 0.306 e. The zero-order valence-corrected chi connectivity index (χ0v) is 9.25. The van der Waals surface area contributed by atoms with Crippen molar-refractivity contribution >= 4 is 5.97 Å². The van der Waals surface area contributed by atoms with Gasteiger partial charge >= 0.3 is 5.97 Å². The van der Waals surface area contributed by atoms with Crippen LogP contribution in [0.3, 0.4) is 0 Å². The Bertz CT molecular complexity index is 382. The molecule has 15 heavy (non-hydrogen) atoms. The lowest BCUT2D eigenvalue weighted by atomic mass is 9.96. The first kappa shape index (κ1) is 10.2. The van der Waals surface area contributed by atoms with Crippen molar-refractivity contribution in [1.82, 2.24) is 0 Å². The van der Waals surface area contributed by atoms with Crippen LogP contribution in [0.1, 0.15) is 23.1 Å². The highest BCUT2D eigenvalue weighted by Gasteiger charge is 2.23. The predicted octanol–water partition coefficient (Wildman–Crippen LogP) is 2.41. The Labute approximate surface area is 90.3 Å². The minimum Gasteiger partial charge on any atom is -0.465 e. The number of esters is 1. The number of aryl methyl sites for hydroxylation is 2. The van der Waals surface area contributed by atoms with E-state index < -0.39 is 0 Å². The number of ether oxygens (including phenoxy) is 1. The van der Waals surface area contributed by atoms with Crippen molar-refractivity contribution in [1.29, 1.82) is 0 Å². The molecule has 1 aliphatic heterocycles. The van der Waals surface area contributed by atoms with Crippen LogP contribution in [0.5, 0.6) is 0 Å². The highest BCUT2D eigenvalue weighted by molar-refractivity contribution is 5.71. The monoisotopic (exact) mass is 204 g/mol. The maximum atomic E-state index is 10.9. The molecule has 1 aromatic rings. The molecule has 1 saturated heterocycles. The van der Waals surface area contributed by atoms with Gasteiger partial charge in [-0.2, -0.15) is 0 Å². The van der Waals surface area contributed by atoms with E-state index in [0.717, 1.165) is 6.42 Å². The molecule has 0 bridgehead atoms. The normalized spacial score (nSPS) is 20.4. The van der Waals surface area contributed by atoms with Gasteiger partial charge in [0.2, 0.25) is 0 Å². The molecule has 0 spiro atoms. The summed E-state index contributed by atoms with van der Waals surface area (Å²) in [6.07, 6.45) is 1.53. The number of cyclic esters (lactones) is 1. The van der Waals surface area contributed by atoms with E-state index in [1.807, 2.05) is 0 Å². The van der Waals surface area contributed by atoms with Crippen molar-refractivity contribution < 1.29 is 9.53 Å². The van der Waals surface area contributed by atoms with Gasteiger partial charge in [0.05, 0.1) is 13.0 Å². The molecular formula is C13H16O2. The Morgan fingerprint density at radius 3 is 2.73 bits per heavy atom. The van der Waals surface area contributed by atoms with Crippen LogP contribution in [-0.4, -0.2) is 12.6 Å². The molecule has 0 amide bonds. The van der Waals surface area contributed by atoms with Crippen molar-refractivity contribution in [3.8, 4) is 0 Å². The fourth-order valence-electron chi connectivity index (χ4n) is 1.96. The highest BCUT2D eigenvalue weighted by atomic mass is 16.5. The van der Waals surface area contributed by atoms with E-state index >= 15 is 0 Å². The van der Waals surface area contributed by atoms with Crippen LogP contribution in [0.25, 0.3) is 0 Å². The zero-order chi connectivity index (χ0) is 10.8. The summed E-state index contributed by atoms with van der Waals surface area (Å²) in [4.78, 5) is 10.9. The predicted molar refractivity (Wildman–Crippen MR) is 58.7 cm³/mol. The average Bonchev–Trinajstić information content (AvgIpc) is 2.58. The maximum absolute atomic E-state index is 10.9. The number of rotatable bonds is 2. The molecule has 0 saturated carbocycles. The van der Waals surface area contributed by atoms with Gasteiger partial charge in [0, 0.05) is 5.92 Å². The molecule has 1 fully saturated rings. The molecule has 0 aromatic heterocycles. The van der Waals surface area contributed by atoms with Gasteiger partial charge in [0.25, 0.3) is 0 Å². The van der Waals surface area contributed by atoms with E-state index in [2.05, 4.69) is 32.0 Å². The SMILES string of the molecule is Cc1ccc(C[C@H]2COC(=O)C2)cc1C. The van der Waals surface area contributed by atoms with Gasteiger partial charge in [0.1, 0.15) is 0 Å². The molecule has 2 rings (SSSR count). The third-order valence-electron chi connectivity index (χ3n) is 3.03. The summed E-state index contributed by atoms with van der Waals surface area (Å²) >= 11 is 0.